The number of alkyl halides is 1. The van der Waals surface area contributed by atoms with Crippen LogP contribution in [0, 0.1) is 12.7 Å². The van der Waals surface area contributed by atoms with Crippen molar-refractivity contribution in [3.63, 3.8) is 0 Å². The van der Waals surface area contributed by atoms with E-state index in [1.165, 1.54) is 6.08 Å². The number of fused-ring (bicyclic) bond motifs is 3. The van der Waals surface area contributed by atoms with Crippen molar-refractivity contribution in [2.24, 2.45) is 0 Å². The van der Waals surface area contributed by atoms with Gasteiger partial charge < -0.3 is 15.0 Å². The molecular formula is C38H37ClF2N8O2. The Bertz CT molecular complexity index is 2160. The van der Waals surface area contributed by atoms with Crippen LogP contribution in [0.4, 0.5) is 14.6 Å². The van der Waals surface area contributed by atoms with E-state index in [0.717, 1.165) is 24.8 Å². The van der Waals surface area contributed by atoms with Gasteiger partial charge >= 0.3 is 6.01 Å². The highest BCUT2D eigenvalue weighted by molar-refractivity contribution is 6.36. The maximum absolute atomic E-state index is 16.7. The first-order chi connectivity index (χ1) is 24.8. The third-order valence-electron chi connectivity index (χ3n) is 10.3. The topological polar surface area (TPSA) is 109 Å². The molecule has 3 aliphatic heterocycles. The molecular weight excluding hydrogens is 674 g/mol. The predicted octanol–water partition coefficient (Wildman–Crippen LogP) is 6.81. The van der Waals surface area contributed by atoms with E-state index in [4.69, 9.17) is 21.3 Å². The average Bonchev–Trinajstić information content (AvgIpc) is 3.66. The number of benzene rings is 2. The molecule has 0 bridgehead atoms. The second-order valence-corrected chi connectivity index (χ2v) is 14.1. The highest BCUT2D eigenvalue weighted by Crippen LogP contribution is 2.41. The summed E-state index contributed by atoms with van der Waals surface area (Å²) in [6.45, 7) is 4.28. The summed E-state index contributed by atoms with van der Waals surface area (Å²) in [5.41, 5.74) is 0.976. The summed E-state index contributed by atoms with van der Waals surface area (Å²) in [4.78, 5) is 39.2. The lowest BCUT2D eigenvalue weighted by Crippen LogP contribution is -2.43. The van der Waals surface area contributed by atoms with Crippen molar-refractivity contribution in [1.29, 1.82) is 0 Å². The van der Waals surface area contributed by atoms with Gasteiger partial charge in [-0.05, 0) is 62.7 Å². The van der Waals surface area contributed by atoms with E-state index < -0.39 is 17.5 Å². The van der Waals surface area contributed by atoms with Gasteiger partial charge in [0.05, 0.1) is 16.6 Å². The number of aromatic nitrogens is 5. The molecule has 10 nitrogen and oxygen atoms in total. The van der Waals surface area contributed by atoms with Crippen LogP contribution in [-0.4, -0.2) is 91.2 Å². The number of ether oxygens (including phenoxy) is 1. The summed E-state index contributed by atoms with van der Waals surface area (Å²) >= 11 is 6.61. The number of halogens is 3. The minimum Gasteiger partial charge on any atom is -0.461 e. The van der Waals surface area contributed by atoms with Crippen LogP contribution in [0.1, 0.15) is 43.6 Å². The molecule has 0 radical (unpaired) electrons. The first-order valence-electron chi connectivity index (χ1n) is 17.4. The molecule has 1 amide bonds. The van der Waals surface area contributed by atoms with Gasteiger partial charge in [0, 0.05) is 66.5 Å². The lowest BCUT2D eigenvalue weighted by Gasteiger charge is -2.32. The number of amides is 1. The number of rotatable bonds is 8. The molecule has 51 heavy (non-hydrogen) atoms. The lowest BCUT2D eigenvalue weighted by atomic mass is 9.95. The van der Waals surface area contributed by atoms with Crippen LogP contribution in [0.25, 0.3) is 39.0 Å². The number of piperidine rings is 1. The minimum atomic E-state index is -0.910. The maximum atomic E-state index is 16.7. The Labute approximate surface area is 298 Å². The monoisotopic (exact) mass is 710 g/mol. The Morgan fingerprint density at radius 1 is 1.10 bits per heavy atom. The normalized spacial score (nSPS) is 21.2. The minimum absolute atomic E-state index is 0.0123. The fourth-order valence-corrected chi connectivity index (χ4v) is 8.09. The van der Waals surface area contributed by atoms with E-state index in [0.29, 0.717) is 77.6 Å². The Morgan fingerprint density at radius 2 is 1.92 bits per heavy atom. The molecule has 0 saturated carbocycles. The number of carbonyl (C=O) groups is 1. The van der Waals surface area contributed by atoms with Gasteiger partial charge in [-0.2, -0.15) is 9.97 Å². The Kier molecular flexibility index (Phi) is 8.97. The van der Waals surface area contributed by atoms with E-state index in [2.05, 4.69) is 30.2 Å². The second-order valence-electron chi connectivity index (χ2n) is 13.7. The highest BCUT2D eigenvalue weighted by atomic mass is 35.5. The van der Waals surface area contributed by atoms with Crippen molar-refractivity contribution < 1.29 is 18.3 Å². The van der Waals surface area contributed by atoms with Gasteiger partial charge in [-0.25, -0.2) is 18.7 Å². The highest BCUT2D eigenvalue weighted by Gasteiger charge is 2.49. The summed E-state index contributed by atoms with van der Waals surface area (Å²) in [7, 11) is 0. The fraction of sp³-hybridized carbons (Fsp3) is 0.368. The van der Waals surface area contributed by atoms with Gasteiger partial charge in [-0.1, -0.05) is 41.9 Å². The smallest absolute Gasteiger partial charge is 0.319 e. The number of anilines is 1. The molecule has 262 valence electrons. The lowest BCUT2D eigenvalue weighted by molar-refractivity contribution is -0.126. The second kappa shape index (κ2) is 13.7. The maximum Gasteiger partial charge on any atom is 0.319 e. The summed E-state index contributed by atoms with van der Waals surface area (Å²) in [6.07, 6.45) is 9.03. The summed E-state index contributed by atoms with van der Waals surface area (Å²) in [5, 5.41) is 5.95. The number of aryl methyl sites for hydroxylation is 1. The van der Waals surface area contributed by atoms with E-state index in [-0.39, 0.29) is 35.8 Å². The van der Waals surface area contributed by atoms with Gasteiger partial charge in [-0.15, -0.1) is 0 Å². The quantitative estimate of drug-likeness (QED) is 0.174. The van der Waals surface area contributed by atoms with Crippen molar-refractivity contribution in [3.05, 3.63) is 83.3 Å². The first kappa shape index (κ1) is 33.3. The molecule has 3 saturated heterocycles. The fourth-order valence-electron chi connectivity index (χ4n) is 7.81. The SMILES string of the molecule is Cc1nccc(/C=C/C(=O)N2CCC(Nc3nc(OCC45CCCN4C[C@H](F)C5)nc4c(F)c(-c5cccc6cccc(Cl)c56)ncc34)CC2)n1. The number of likely N-dealkylation sites (tertiary alicyclic amines) is 1. The third kappa shape index (κ3) is 6.58. The molecule has 1 N–H and O–H groups in total. The molecule has 1 unspecified atom stereocenters. The van der Waals surface area contributed by atoms with Crippen LogP contribution < -0.4 is 10.1 Å². The van der Waals surface area contributed by atoms with Crippen molar-refractivity contribution in [2.75, 3.05) is 38.1 Å². The third-order valence-corrected chi connectivity index (χ3v) is 10.7. The molecule has 13 heteroatoms. The molecule has 0 aliphatic carbocycles. The van der Waals surface area contributed by atoms with E-state index in [9.17, 15) is 9.18 Å². The Morgan fingerprint density at radius 3 is 2.75 bits per heavy atom. The molecule has 6 heterocycles. The van der Waals surface area contributed by atoms with Crippen LogP contribution in [0.2, 0.25) is 5.02 Å². The number of hydrogen-bond donors (Lipinski definition) is 1. The molecule has 2 atom stereocenters. The van der Waals surface area contributed by atoms with Crippen molar-refractivity contribution >= 4 is 51.1 Å². The van der Waals surface area contributed by atoms with Crippen LogP contribution in [-0.2, 0) is 4.79 Å². The van der Waals surface area contributed by atoms with Gasteiger partial charge in [0.1, 0.15) is 35.6 Å². The molecule has 2 aromatic carbocycles. The van der Waals surface area contributed by atoms with Crippen molar-refractivity contribution in [1.82, 2.24) is 34.7 Å². The number of hydrogen-bond acceptors (Lipinski definition) is 9. The van der Waals surface area contributed by atoms with Crippen molar-refractivity contribution in [3.8, 4) is 17.3 Å². The molecule has 3 fully saturated rings. The van der Waals surface area contributed by atoms with E-state index in [1.807, 2.05) is 24.3 Å². The molecule has 0 spiro atoms. The van der Waals surface area contributed by atoms with Crippen LogP contribution in [0.5, 0.6) is 6.01 Å². The van der Waals surface area contributed by atoms with E-state index in [1.54, 1.807) is 48.5 Å². The zero-order valence-corrected chi connectivity index (χ0v) is 28.9. The summed E-state index contributed by atoms with van der Waals surface area (Å²) in [5.74, 6) is 0.316. The van der Waals surface area contributed by atoms with Gasteiger partial charge in [0.15, 0.2) is 5.82 Å². The van der Waals surface area contributed by atoms with Crippen LogP contribution in [0.3, 0.4) is 0 Å². The first-order valence-corrected chi connectivity index (χ1v) is 17.7. The zero-order valence-electron chi connectivity index (χ0n) is 28.2. The number of carbonyl (C=O) groups excluding carboxylic acids is 1. The average molecular weight is 711 g/mol. The van der Waals surface area contributed by atoms with Crippen LogP contribution >= 0.6 is 11.6 Å². The van der Waals surface area contributed by atoms with Crippen LogP contribution in [0.15, 0.2) is 60.9 Å². The molecule has 5 aromatic rings. The number of nitrogens with one attached hydrogen (secondary N) is 1. The van der Waals surface area contributed by atoms with Gasteiger partial charge in [0.25, 0.3) is 0 Å². The molecule has 8 rings (SSSR count). The predicted molar refractivity (Wildman–Crippen MR) is 193 cm³/mol. The van der Waals surface area contributed by atoms with E-state index >= 15 is 4.39 Å². The summed E-state index contributed by atoms with van der Waals surface area (Å²) < 4.78 is 37.5. The van der Waals surface area contributed by atoms with Gasteiger partial charge in [-0.3, -0.25) is 14.7 Å². The number of nitrogens with zero attached hydrogens (tertiary/aromatic N) is 7. The van der Waals surface area contributed by atoms with Gasteiger partial charge in [0.2, 0.25) is 5.91 Å². The summed E-state index contributed by atoms with van der Waals surface area (Å²) in [6, 6.07) is 12.8. The number of pyridine rings is 1. The Hall–Kier alpha value is -4.81. The molecule has 3 aromatic heterocycles. The largest absolute Gasteiger partial charge is 0.461 e. The standard InChI is InChI=1S/C38H37ClF2N8O2/c1-23-42-15-11-26(44-23)9-10-31(50)48-17-12-27(13-18-48)45-36-29-20-43-34(28-7-2-5-24-6-3-8-30(39)32(24)28)33(41)35(29)46-37(47-36)51-22-38-14-4-16-49(38)21-25(40)19-38/h2-3,5-11,15,20,25,27H,4,12-14,16-19,21-22H2,1H3,(H,45,46,47)/b10-9+/t25-,38?/m1/s1. The molecule has 3 aliphatic rings. The van der Waals surface area contributed by atoms with Crippen molar-refractivity contribution in [2.45, 2.75) is 56.8 Å². The zero-order chi connectivity index (χ0) is 35.1. The Balaban J connectivity index is 1.08.